The quantitative estimate of drug-likeness (QED) is 0.210. The van der Waals surface area contributed by atoms with E-state index in [2.05, 4.69) is 167 Å². The zero-order valence-corrected chi connectivity index (χ0v) is 23.9. The van der Waals surface area contributed by atoms with E-state index in [0.29, 0.717) is 0 Å². The van der Waals surface area contributed by atoms with Gasteiger partial charge >= 0.3 is 0 Å². The van der Waals surface area contributed by atoms with Crippen LogP contribution < -0.4 is 0 Å². The lowest BCUT2D eigenvalue weighted by atomic mass is 10.0. The van der Waals surface area contributed by atoms with Gasteiger partial charge in [0.25, 0.3) is 0 Å². The van der Waals surface area contributed by atoms with Crippen LogP contribution in [0, 0.1) is 0 Å². The summed E-state index contributed by atoms with van der Waals surface area (Å²) in [5.74, 6) is 0.902. The first kappa shape index (κ1) is 24.6. The molecule has 0 unspecified atom stereocenters. The van der Waals surface area contributed by atoms with Gasteiger partial charge in [0.05, 0.1) is 22.2 Å². The van der Waals surface area contributed by atoms with Crippen molar-refractivity contribution in [3.63, 3.8) is 0 Å². The van der Waals surface area contributed by atoms with Crippen LogP contribution >= 0.6 is 0 Å². The molecule has 3 heterocycles. The zero-order valence-electron chi connectivity index (χ0n) is 23.9. The Morgan fingerprint density at radius 2 is 1.14 bits per heavy atom. The standard InChI is InChI=1S/C41H27N3/c1-4-12-28(13-5-1)31-26-36(29-14-6-2-7-15-29)42-39(27-31)43-25-24-30-20-21-33-34(41(30)43)22-23-38-40(33)35-18-10-11-19-37(35)44(38)32-16-8-3-9-17-32/h1-27H. The molecular formula is C41H27N3. The molecule has 3 aromatic heterocycles. The van der Waals surface area contributed by atoms with Crippen molar-refractivity contribution in [1.82, 2.24) is 14.1 Å². The number of nitrogens with zero attached hydrogens (tertiary/aromatic N) is 3. The second kappa shape index (κ2) is 9.82. The molecule has 0 aliphatic heterocycles. The van der Waals surface area contributed by atoms with Crippen LogP contribution in [0.25, 0.3) is 77.4 Å². The summed E-state index contributed by atoms with van der Waals surface area (Å²) in [4.78, 5) is 5.24. The van der Waals surface area contributed by atoms with Gasteiger partial charge in [-0.05, 0) is 59.0 Å². The number of aromatic nitrogens is 3. The molecule has 0 N–H and O–H groups in total. The third kappa shape index (κ3) is 3.80. The number of pyridine rings is 1. The lowest BCUT2D eigenvalue weighted by Gasteiger charge is -2.13. The van der Waals surface area contributed by atoms with Crippen molar-refractivity contribution in [3.05, 3.63) is 164 Å². The van der Waals surface area contributed by atoms with Gasteiger partial charge in [-0.1, -0.05) is 115 Å². The Morgan fingerprint density at radius 3 is 1.93 bits per heavy atom. The van der Waals surface area contributed by atoms with Crippen molar-refractivity contribution < 1.29 is 0 Å². The fourth-order valence-corrected chi connectivity index (χ4v) is 6.75. The highest BCUT2D eigenvalue weighted by molar-refractivity contribution is 6.25. The third-order valence-corrected chi connectivity index (χ3v) is 8.73. The Labute approximate surface area is 254 Å². The zero-order chi connectivity index (χ0) is 29.0. The van der Waals surface area contributed by atoms with E-state index in [4.69, 9.17) is 4.98 Å². The van der Waals surface area contributed by atoms with Crippen LogP contribution in [0.5, 0.6) is 0 Å². The fraction of sp³-hybridized carbons (Fsp3) is 0. The van der Waals surface area contributed by atoms with Crippen LogP contribution in [0.2, 0.25) is 0 Å². The monoisotopic (exact) mass is 561 g/mol. The SMILES string of the molecule is c1ccc(-c2cc(-c3ccccc3)nc(-n3ccc4ccc5c(ccc6c5c5ccccc5n6-c5ccccc5)c43)c2)cc1. The van der Waals surface area contributed by atoms with Crippen molar-refractivity contribution in [2.75, 3.05) is 0 Å². The number of para-hydroxylation sites is 2. The molecule has 0 bridgehead atoms. The Balaban J connectivity index is 1.34. The van der Waals surface area contributed by atoms with Gasteiger partial charge in [-0.15, -0.1) is 0 Å². The first-order valence-corrected chi connectivity index (χ1v) is 15.0. The highest BCUT2D eigenvalue weighted by Gasteiger charge is 2.18. The molecule has 9 aromatic rings. The van der Waals surface area contributed by atoms with Gasteiger partial charge in [0.1, 0.15) is 5.82 Å². The molecule has 0 aliphatic carbocycles. The van der Waals surface area contributed by atoms with Crippen LogP contribution in [0.4, 0.5) is 0 Å². The summed E-state index contributed by atoms with van der Waals surface area (Å²) in [7, 11) is 0. The minimum atomic E-state index is 0.902. The fourth-order valence-electron chi connectivity index (χ4n) is 6.75. The molecule has 6 aromatic carbocycles. The van der Waals surface area contributed by atoms with Crippen LogP contribution in [0.3, 0.4) is 0 Å². The predicted octanol–water partition coefficient (Wildman–Crippen LogP) is 10.6. The largest absolute Gasteiger partial charge is 0.309 e. The van der Waals surface area contributed by atoms with E-state index in [-0.39, 0.29) is 0 Å². The summed E-state index contributed by atoms with van der Waals surface area (Å²) < 4.78 is 4.64. The van der Waals surface area contributed by atoms with Gasteiger partial charge in [0, 0.05) is 39.0 Å². The molecule has 0 atom stereocenters. The lowest BCUT2D eigenvalue weighted by Crippen LogP contribution is -1.99. The van der Waals surface area contributed by atoms with Crippen LogP contribution in [-0.4, -0.2) is 14.1 Å². The number of hydrogen-bond donors (Lipinski definition) is 0. The Bertz CT molecular complexity index is 2410. The van der Waals surface area contributed by atoms with Crippen molar-refractivity contribution in [2.24, 2.45) is 0 Å². The summed E-state index contributed by atoms with van der Waals surface area (Å²) in [5.41, 5.74) is 9.12. The molecule has 9 rings (SSSR count). The van der Waals surface area contributed by atoms with E-state index >= 15 is 0 Å². The topological polar surface area (TPSA) is 22.8 Å². The Kier molecular flexibility index (Phi) is 5.50. The summed E-state index contributed by atoms with van der Waals surface area (Å²) in [6.45, 7) is 0. The first-order chi connectivity index (χ1) is 21.8. The molecule has 3 nitrogen and oxygen atoms in total. The van der Waals surface area contributed by atoms with E-state index in [1.165, 1.54) is 43.5 Å². The molecule has 3 heteroatoms. The maximum absolute atomic E-state index is 5.24. The molecule has 0 radical (unpaired) electrons. The molecule has 206 valence electrons. The van der Waals surface area contributed by atoms with Gasteiger partial charge in [-0.25, -0.2) is 4.98 Å². The van der Waals surface area contributed by atoms with E-state index in [1.54, 1.807) is 0 Å². The van der Waals surface area contributed by atoms with Crippen LogP contribution in [-0.2, 0) is 0 Å². The van der Waals surface area contributed by atoms with Crippen molar-refractivity contribution >= 4 is 43.5 Å². The van der Waals surface area contributed by atoms with Crippen molar-refractivity contribution in [3.8, 4) is 33.9 Å². The number of hydrogen-bond acceptors (Lipinski definition) is 1. The minimum absolute atomic E-state index is 0.902. The van der Waals surface area contributed by atoms with Crippen molar-refractivity contribution in [2.45, 2.75) is 0 Å². The maximum Gasteiger partial charge on any atom is 0.138 e. The van der Waals surface area contributed by atoms with Gasteiger partial charge in [0.2, 0.25) is 0 Å². The average Bonchev–Trinajstić information content (AvgIpc) is 3.69. The first-order valence-electron chi connectivity index (χ1n) is 15.0. The highest BCUT2D eigenvalue weighted by atomic mass is 15.1. The van der Waals surface area contributed by atoms with Crippen LogP contribution in [0.1, 0.15) is 0 Å². The molecular weight excluding hydrogens is 534 g/mol. The van der Waals surface area contributed by atoms with Gasteiger partial charge in [0.15, 0.2) is 0 Å². The van der Waals surface area contributed by atoms with Gasteiger partial charge in [-0.2, -0.15) is 0 Å². The molecule has 0 amide bonds. The summed E-state index contributed by atoms with van der Waals surface area (Å²) >= 11 is 0. The van der Waals surface area contributed by atoms with Crippen LogP contribution in [0.15, 0.2) is 164 Å². The maximum atomic E-state index is 5.24. The molecule has 0 saturated heterocycles. The average molecular weight is 562 g/mol. The van der Waals surface area contributed by atoms with Gasteiger partial charge < -0.3 is 9.13 Å². The second-order valence-corrected chi connectivity index (χ2v) is 11.3. The lowest BCUT2D eigenvalue weighted by molar-refractivity contribution is 1.05. The molecule has 0 spiro atoms. The predicted molar refractivity (Wildman–Crippen MR) is 184 cm³/mol. The number of rotatable bonds is 4. The number of fused-ring (bicyclic) bond motifs is 7. The molecule has 0 aliphatic rings. The summed E-state index contributed by atoms with van der Waals surface area (Å²) in [6, 6.07) is 56.1. The third-order valence-electron chi connectivity index (χ3n) is 8.73. The van der Waals surface area contributed by atoms with Gasteiger partial charge in [-0.3, -0.25) is 0 Å². The van der Waals surface area contributed by atoms with Crippen molar-refractivity contribution in [1.29, 1.82) is 0 Å². The van der Waals surface area contributed by atoms with E-state index in [0.717, 1.165) is 33.8 Å². The summed E-state index contributed by atoms with van der Waals surface area (Å²) in [5, 5.41) is 6.17. The summed E-state index contributed by atoms with van der Waals surface area (Å²) in [6.07, 6.45) is 2.16. The molecule has 0 fully saturated rings. The Morgan fingerprint density at radius 1 is 0.455 bits per heavy atom. The molecule has 44 heavy (non-hydrogen) atoms. The number of benzene rings is 6. The second-order valence-electron chi connectivity index (χ2n) is 11.3. The smallest absolute Gasteiger partial charge is 0.138 e. The minimum Gasteiger partial charge on any atom is -0.309 e. The molecule has 0 saturated carbocycles. The van der Waals surface area contributed by atoms with E-state index in [9.17, 15) is 0 Å². The van der Waals surface area contributed by atoms with E-state index < -0.39 is 0 Å². The normalized spacial score (nSPS) is 11.6. The highest BCUT2D eigenvalue weighted by Crippen LogP contribution is 2.40. The van der Waals surface area contributed by atoms with E-state index in [1.807, 2.05) is 6.07 Å². The Hall–Kier alpha value is -5.93.